The molecule has 0 radical (unpaired) electrons. The van der Waals surface area contributed by atoms with Crippen molar-refractivity contribution in [1.82, 2.24) is 10.6 Å². The van der Waals surface area contributed by atoms with Crippen LogP contribution in [0.5, 0.6) is 0 Å². The van der Waals surface area contributed by atoms with E-state index in [4.69, 9.17) is 0 Å². The van der Waals surface area contributed by atoms with Crippen LogP contribution in [0, 0.1) is 5.82 Å². The van der Waals surface area contributed by atoms with Gasteiger partial charge in [-0.2, -0.15) is 0 Å². The average molecular weight is 431 g/mol. The average Bonchev–Trinajstić information content (AvgIpc) is 2.79. The van der Waals surface area contributed by atoms with E-state index in [9.17, 15) is 9.18 Å². The third-order valence-corrected chi connectivity index (χ3v) is 6.20. The van der Waals surface area contributed by atoms with Gasteiger partial charge in [-0.1, -0.05) is 56.3 Å². The van der Waals surface area contributed by atoms with Crippen molar-refractivity contribution < 1.29 is 9.18 Å². The zero-order valence-corrected chi connectivity index (χ0v) is 19.0. The molecule has 3 aromatic rings. The Balaban J connectivity index is 1.38. The van der Waals surface area contributed by atoms with Crippen molar-refractivity contribution in [3.05, 3.63) is 94.8 Å². The molecule has 1 amide bonds. The number of halogens is 1. The molecule has 32 heavy (non-hydrogen) atoms. The minimum absolute atomic E-state index is 0.0459. The second-order valence-corrected chi connectivity index (χ2v) is 9.07. The summed E-state index contributed by atoms with van der Waals surface area (Å²) in [7, 11) is 0. The maximum atomic E-state index is 13.1. The van der Waals surface area contributed by atoms with E-state index in [2.05, 4.69) is 49.6 Å². The number of hydrogen-bond acceptors (Lipinski definition) is 2. The van der Waals surface area contributed by atoms with Crippen molar-refractivity contribution in [3.8, 4) is 11.1 Å². The fourth-order valence-corrected chi connectivity index (χ4v) is 4.49. The maximum absolute atomic E-state index is 13.1. The summed E-state index contributed by atoms with van der Waals surface area (Å²) in [5, 5.41) is 6.77. The molecule has 4 rings (SSSR count). The molecule has 0 aliphatic heterocycles. The Labute approximate surface area is 190 Å². The molecule has 0 saturated carbocycles. The predicted molar refractivity (Wildman–Crippen MR) is 128 cm³/mol. The topological polar surface area (TPSA) is 41.1 Å². The largest absolute Gasteiger partial charge is 0.349 e. The first-order valence-electron chi connectivity index (χ1n) is 11.4. The normalized spacial score (nSPS) is 16.5. The fourth-order valence-electron chi connectivity index (χ4n) is 4.49. The number of amides is 1. The molecule has 1 aliphatic carbocycles. The van der Waals surface area contributed by atoms with Crippen LogP contribution >= 0.6 is 0 Å². The van der Waals surface area contributed by atoms with Crippen LogP contribution < -0.4 is 10.6 Å². The molecule has 3 aromatic carbocycles. The molecule has 2 unspecified atom stereocenters. The highest BCUT2D eigenvalue weighted by Crippen LogP contribution is 2.26. The summed E-state index contributed by atoms with van der Waals surface area (Å²) in [5.74, 6) is -0.299. The smallest absolute Gasteiger partial charge is 0.251 e. The summed E-state index contributed by atoms with van der Waals surface area (Å²) >= 11 is 0. The lowest BCUT2D eigenvalue weighted by atomic mass is 9.86. The number of aryl methyl sites for hydroxylation is 1. The van der Waals surface area contributed by atoms with Gasteiger partial charge in [0.25, 0.3) is 5.91 Å². The van der Waals surface area contributed by atoms with Gasteiger partial charge in [0.05, 0.1) is 0 Å². The Morgan fingerprint density at radius 3 is 2.22 bits per heavy atom. The third-order valence-electron chi connectivity index (χ3n) is 6.20. The lowest BCUT2D eigenvalue weighted by Crippen LogP contribution is -2.38. The van der Waals surface area contributed by atoms with Crippen LogP contribution in [-0.4, -0.2) is 18.0 Å². The molecule has 0 spiro atoms. The number of carbonyl (C=O) groups excluding carboxylic acids is 1. The van der Waals surface area contributed by atoms with E-state index in [1.165, 1.54) is 28.8 Å². The molecule has 166 valence electrons. The van der Waals surface area contributed by atoms with Gasteiger partial charge in [-0.15, -0.1) is 0 Å². The summed E-state index contributed by atoms with van der Waals surface area (Å²) in [5.41, 5.74) is 6.58. The number of carbonyl (C=O) groups is 1. The lowest BCUT2D eigenvalue weighted by Gasteiger charge is -2.27. The van der Waals surface area contributed by atoms with Crippen LogP contribution in [0.25, 0.3) is 11.1 Å². The van der Waals surface area contributed by atoms with Crippen LogP contribution in [0.4, 0.5) is 4.39 Å². The van der Waals surface area contributed by atoms with E-state index in [1.807, 2.05) is 24.3 Å². The first kappa shape index (κ1) is 22.2. The van der Waals surface area contributed by atoms with Gasteiger partial charge < -0.3 is 10.6 Å². The van der Waals surface area contributed by atoms with E-state index < -0.39 is 0 Å². The van der Waals surface area contributed by atoms with Gasteiger partial charge in [-0.05, 0) is 78.3 Å². The van der Waals surface area contributed by atoms with Crippen LogP contribution in [0.15, 0.2) is 66.7 Å². The van der Waals surface area contributed by atoms with Crippen LogP contribution in [0.3, 0.4) is 0 Å². The Morgan fingerprint density at radius 1 is 0.906 bits per heavy atom. The van der Waals surface area contributed by atoms with Crippen molar-refractivity contribution in [2.45, 2.75) is 58.2 Å². The Kier molecular flexibility index (Phi) is 6.71. The van der Waals surface area contributed by atoms with Gasteiger partial charge in [0.1, 0.15) is 5.82 Å². The summed E-state index contributed by atoms with van der Waals surface area (Å²) in [6.07, 6.45) is 2.79. The zero-order valence-electron chi connectivity index (χ0n) is 19.0. The predicted octanol–water partition coefficient (Wildman–Crippen LogP) is 5.84. The standard InChI is InChI=1S/C28H31FN2O/c1-18(2)30-19(3)23-8-9-25-17-27(15-12-24(25)16-23)31-28(32)22-6-4-20(5-7-22)21-10-13-26(29)14-11-21/h4-11,13-14,16,18-19,27,30H,12,15,17H2,1-3H3,(H,31,32). The molecule has 0 fully saturated rings. The number of benzene rings is 3. The molecule has 2 atom stereocenters. The second kappa shape index (κ2) is 9.66. The van der Waals surface area contributed by atoms with Gasteiger partial charge in [-0.3, -0.25) is 4.79 Å². The first-order chi connectivity index (χ1) is 15.4. The van der Waals surface area contributed by atoms with Crippen LogP contribution in [-0.2, 0) is 12.8 Å². The van der Waals surface area contributed by atoms with Crippen LogP contribution in [0.2, 0.25) is 0 Å². The molecule has 2 N–H and O–H groups in total. The van der Waals surface area contributed by atoms with E-state index in [-0.39, 0.29) is 17.8 Å². The molecule has 0 aromatic heterocycles. The monoisotopic (exact) mass is 430 g/mol. The number of nitrogens with one attached hydrogen (secondary N) is 2. The molecule has 0 heterocycles. The molecular formula is C28H31FN2O. The number of rotatable bonds is 6. The van der Waals surface area contributed by atoms with Crippen molar-refractivity contribution in [2.24, 2.45) is 0 Å². The highest BCUT2D eigenvalue weighted by Gasteiger charge is 2.22. The summed E-state index contributed by atoms with van der Waals surface area (Å²) < 4.78 is 13.1. The maximum Gasteiger partial charge on any atom is 0.251 e. The van der Waals surface area contributed by atoms with Gasteiger partial charge in [-0.25, -0.2) is 4.39 Å². The van der Waals surface area contributed by atoms with Gasteiger partial charge in [0.15, 0.2) is 0 Å². The van der Waals surface area contributed by atoms with Gasteiger partial charge in [0.2, 0.25) is 0 Å². The minimum atomic E-state index is -0.253. The SMILES string of the molecule is CC(C)NC(C)c1ccc2c(c1)CCC(NC(=O)c1ccc(-c3ccc(F)cc3)cc1)C2. The van der Waals surface area contributed by atoms with Gasteiger partial charge in [0, 0.05) is 23.7 Å². The van der Waals surface area contributed by atoms with E-state index in [0.717, 1.165) is 30.4 Å². The van der Waals surface area contributed by atoms with E-state index in [0.29, 0.717) is 17.6 Å². The van der Waals surface area contributed by atoms with Gasteiger partial charge >= 0.3 is 0 Å². The highest BCUT2D eigenvalue weighted by molar-refractivity contribution is 5.94. The molecule has 3 nitrogen and oxygen atoms in total. The van der Waals surface area contributed by atoms with Crippen molar-refractivity contribution in [1.29, 1.82) is 0 Å². The summed E-state index contributed by atoms with van der Waals surface area (Å²) in [6.45, 7) is 6.53. The molecule has 4 heteroatoms. The lowest BCUT2D eigenvalue weighted by molar-refractivity contribution is 0.0933. The van der Waals surface area contributed by atoms with Crippen LogP contribution in [0.1, 0.15) is 60.3 Å². The molecule has 0 saturated heterocycles. The number of fused-ring (bicyclic) bond motifs is 1. The van der Waals surface area contributed by atoms with Crippen molar-refractivity contribution in [2.75, 3.05) is 0 Å². The quantitative estimate of drug-likeness (QED) is 0.516. The second-order valence-electron chi connectivity index (χ2n) is 9.07. The third kappa shape index (κ3) is 5.25. The Morgan fingerprint density at radius 2 is 1.56 bits per heavy atom. The molecular weight excluding hydrogens is 399 g/mol. The first-order valence-corrected chi connectivity index (χ1v) is 11.4. The minimum Gasteiger partial charge on any atom is -0.349 e. The zero-order chi connectivity index (χ0) is 22.7. The summed E-state index contributed by atoms with van der Waals surface area (Å²) in [4.78, 5) is 12.8. The molecule has 0 bridgehead atoms. The fraction of sp³-hybridized carbons (Fsp3) is 0.321. The van der Waals surface area contributed by atoms with Crippen molar-refractivity contribution >= 4 is 5.91 Å². The summed E-state index contributed by atoms with van der Waals surface area (Å²) in [6, 6.07) is 21.5. The highest BCUT2D eigenvalue weighted by atomic mass is 19.1. The van der Waals surface area contributed by atoms with E-state index >= 15 is 0 Å². The Bertz CT molecular complexity index is 1070. The Hall–Kier alpha value is -2.98. The number of hydrogen-bond donors (Lipinski definition) is 2. The molecule has 1 aliphatic rings. The van der Waals surface area contributed by atoms with E-state index in [1.54, 1.807) is 12.1 Å². The van der Waals surface area contributed by atoms with Crippen molar-refractivity contribution in [3.63, 3.8) is 0 Å².